The van der Waals surface area contributed by atoms with E-state index in [1.54, 1.807) is 25.3 Å². The predicted octanol–water partition coefficient (Wildman–Crippen LogP) is 3.89. The third kappa shape index (κ3) is 3.05. The minimum atomic E-state index is -0.554. The second-order valence-corrected chi connectivity index (χ2v) is 5.28. The van der Waals surface area contributed by atoms with Gasteiger partial charge in [0.15, 0.2) is 0 Å². The summed E-state index contributed by atoms with van der Waals surface area (Å²) in [5, 5.41) is 3.39. The first-order valence-electron chi connectivity index (χ1n) is 7.03. The van der Waals surface area contributed by atoms with Gasteiger partial charge in [-0.05, 0) is 42.7 Å². The van der Waals surface area contributed by atoms with Gasteiger partial charge in [0.2, 0.25) is 0 Å². The van der Waals surface area contributed by atoms with E-state index in [0.717, 1.165) is 11.3 Å². The van der Waals surface area contributed by atoms with Crippen LogP contribution in [0.1, 0.15) is 18.4 Å². The van der Waals surface area contributed by atoms with E-state index in [0.29, 0.717) is 18.2 Å². The Morgan fingerprint density at radius 3 is 2.48 bits per heavy atom. The summed E-state index contributed by atoms with van der Waals surface area (Å²) in [6.07, 6.45) is 2.37. The third-order valence-electron chi connectivity index (χ3n) is 3.69. The molecule has 0 amide bonds. The average molecular weight is 289 g/mol. The van der Waals surface area contributed by atoms with E-state index in [-0.39, 0.29) is 5.56 Å². The molecule has 0 spiro atoms. The molecule has 0 aromatic heterocycles. The monoisotopic (exact) mass is 289 g/mol. The average Bonchev–Trinajstić information content (AvgIpc) is 3.29. The Morgan fingerprint density at radius 1 is 1.14 bits per heavy atom. The number of hydrogen-bond acceptors (Lipinski definition) is 2. The highest BCUT2D eigenvalue weighted by molar-refractivity contribution is 5.67. The predicted molar refractivity (Wildman–Crippen MR) is 78.2 cm³/mol. The van der Waals surface area contributed by atoms with Crippen LogP contribution < -0.4 is 10.1 Å². The summed E-state index contributed by atoms with van der Waals surface area (Å²) < 4.78 is 33.1. The van der Waals surface area contributed by atoms with Gasteiger partial charge in [-0.3, -0.25) is 0 Å². The van der Waals surface area contributed by atoms with Gasteiger partial charge < -0.3 is 10.1 Å². The molecule has 2 aromatic rings. The summed E-state index contributed by atoms with van der Waals surface area (Å²) in [5.41, 5.74) is 1.44. The van der Waals surface area contributed by atoms with Crippen molar-refractivity contribution < 1.29 is 13.5 Å². The van der Waals surface area contributed by atoms with Crippen molar-refractivity contribution in [3.8, 4) is 16.9 Å². The van der Waals surface area contributed by atoms with Crippen LogP contribution >= 0.6 is 0 Å². The second-order valence-electron chi connectivity index (χ2n) is 5.28. The molecule has 0 saturated heterocycles. The van der Waals surface area contributed by atoms with Gasteiger partial charge >= 0.3 is 0 Å². The van der Waals surface area contributed by atoms with Crippen LogP contribution in [0, 0.1) is 11.6 Å². The summed E-state index contributed by atoms with van der Waals surface area (Å²) in [6.45, 7) is 0.637. The lowest BCUT2D eigenvalue weighted by Gasteiger charge is -2.12. The molecule has 0 unspecified atom stereocenters. The first-order chi connectivity index (χ1) is 10.2. The molecule has 0 radical (unpaired) electrons. The molecule has 3 rings (SSSR count). The van der Waals surface area contributed by atoms with Crippen molar-refractivity contribution in [2.24, 2.45) is 0 Å². The smallest absolute Gasteiger partial charge is 0.133 e. The van der Waals surface area contributed by atoms with Gasteiger partial charge in [0.05, 0.1) is 12.7 Å². The van der Waals surface area contributed by atoms with Gasteiger partial charge in [-0.25, -0.2) is 8.78 Å². The van der Waals surface area contributed by atoms with Crippen molar-refractivity contribution >= 4 is 0 Å². The second kappa shape index (κ2) is 5.82. The molecule has 0 heterocycles. The largest absolute Gasteiger partial charge is 0.496 e. The highest BCUT2D eigenvalue weighted by atomic mass is 19.1. The molecule has 110 valence electrons. The van der Waals surface area contributed by atoms with Crippen LogP contribution in [0.25, 0.3) is 11.1 Å². The Hall–Kier alpha value is -1.94. The van der Waals surface area contributed by atoms with Crippen LogP contribution in [0.15, 0.2) is 36.4 Å². The number of hydrogen-bond donors (Lipinski definition) is 1. The van der Waals surface area contributed by atoms with Gasteiger partial charge in [0.25, 0.3) is 0 Å². The van der Waals surface area contributed by atoms with Crippen LogP contribution in [-0.4, -0.2) is 13.2 Å². The molecule has 2 aromatic carbocycles. The quantitative estimate of drug-likeness (QED) is 0.901. The summed E-state index contributed by atoms with van der Waals surface area (Å²) in [5.74, 6) is -0.383. The normalized spacial score (nSPS) is 14.2. The zero-order chi connectivity index (χ0) is 14.8. The first-order valence-corrected chi connectivity index (χ1v) is 7.03. The van der Waals surface area contributed by atoms with Crippen LogP contribution in [0.2, 0.25) is 0 Å². The van der Waals surface area contributed by atoms with Gasteiger partial charge in [-0.1, -0.05) is 12.1 Å². The Labute approximate surface area is 122 Å². The molecule has 1 N–H and O–H groups in total. The molecule has 2 nitrogen and oxygen atoms in total. The zero-order valence-electron chi connectivity index (χ0n) is 11.8. The Bertz CT molecular complexity index is 633. The highest BCUT2D eigenvalue weighted by Gasteiger charge is 2.21. The SMILES string of the molecule is COc1ccc(-c2c(F)cccc2F)cc1CNC1CC1. The minimum absolute atomic E-state index is 0.00725. The van der Waals surface area contributed by atoms with E-state index in [1.165, 1.54) is 31.0 Å². The Balaban J connectivity index is 1.96. The summed E-state index contributed by atoms with van der Waals surface area (Å²) >= 11 is 0. The number of halogens is 2. The van der Waals surface area contributed by atoms with Crippen molar-refractivity contribution in [1.82, 2.24) is 5.32 Å². The fourth-order valence-electron chi connectivity index (χ4n) is 2.39. The van der Waals surface area contributed by atoms with Gasteiger partial charge in [-0.2, -0.15) is 0 Å². The van der Waals surface area contributed by atoms with Crippen molar-refractivity contribution in [3.05, 3.63) is 53.6 Å². The Kier molecular flexibility index (Phi) is 3.88. The molecule has 0 bridgehead atoms. The van der Waals surface area contributed by atoms with Gasteiger partial charge in [0, 0.05) is 18.2 Å². The maximum Gasteiger partial charge on any atom is 0.133 e. The van der Waals surface area contributed by atoms with E-state index < -0.39 is 11.6 Å². The number of rotatable bonds is 5. The van der Waals surface area contributed by atoms with Gasteiger partial charge in [-0.15, -0.1) is 0 Å². The molecule has 0 aliphatic heterocycles. The summed E-state index contributed by atoms with van der Waals surface area (Å²) in [7, 11) is 1.60. The van der Waals surface area contributed by atoms with Crippen molar-refractivity contribution in [2.45, 2.75) is 25.4 Å². The fourth-order valence-corrected chi connectivity index (χ4v) is 2.39. The molecule has 1 aliphatic rings. The van der Waals surface area contributed by atoms with Crippen LogP contribution in [-0.2, 0) is 6.54 Å². The maximum absolute atomic E-state index is 13.9. The van der Waals surface area contributed by atoms with Crippen LogP contribution in [0.4, 0.5) is 8.78 Å². The maximum atomic E-state index is 13.9. The van der Waals surface area contributed by atoms with E-state index >= 15 is 0 Å². The fraction of sp³-hybridized carbons (Fsp3) is 0.294. The molecular formula is C17H17F2NO. The number of nitrogens with one attached hydrogen (secondary N) is 1. The van der Waals surface area contributed by atoms with E-state index in [4.69, 9.17) is 4.74 Å². The summed E-state index contributed by atoms with van der Waals surface area (Å²) in [6, 6.07) is 9.69. The third-order valence-corrected chi connectivity index (χ3v) is 3.69. The molecule has 1 aliphatic carbocycles. The highest BCUT2D eigenvalue weighted by Crippen LogP contribution is 2.31. The molecular weight excluding hydrogens is 272 g/mol. The molecule has 1 fully saturated rings. The summed E-state index contributed by atoms with van der Waals surface area (Å²) in [4.78, 5) is 0. The van der Waals surface area contributed by atoms with E-state index in [2.05, 4.69) is 5.32 Å². The zero-order valence-corrected chi connectivity index (χ0v) is 11.8. The standard InChI is InChI=1S/C17H17F2NO/c1-21-16-8-5-11(9-12(16)10-20-13-6-7-13)17-14(18)3-2-4-15(17)19/h2-5,8-9,13,20H,6-7,10H2,1H3. The van der Waals surface area contributed by atoms with E-state index in [9.17, 15) is 8.78 Å². The minimum Gasteiger partial charge on any atom is -0.496 e. The first kappa shape index (κ1) is 14.0. The number of ether oxygens (including phenoxy) is 1. The van der Waals surface area contributed by atoms with Crippen molar-refractivity contribution in [1.29, 1.82) is 0 Å². The lowest BCUT2D eigenvalue weighted by atomic mass is 10.0. The topological polar surface area (TPSA) is 21.3 Å². The van der Waals surface area contributed by atoms with Crippen LogP contribution in [0.5, 0.6) is 5.75 Å². The lowest BCUT2D eigenvalue weighted by molar-refractivity contribution is 0.407. The lowest BCUT2D eigenvalue weighted by Crippen LogP contribution is -2.16. The van der Waals surface area contributed by atoms with Crippen molar-refractivity contribution in [2.75, 3.05) is 7.11 Å². The Morgan fingerprint density at radius 2 is 1.86 bits per heavy atom. The molecule has 0 atom stereocenters. The van der Waals surface area contributed by atoms with Gasteiger partial charge in [0.1, 0.15) is 17.4 Å². The van der Waals surface area contributed by atoms with Crippen LogP contribution in [0.3, 0.4) is 0 Å². The van der Waals surface area contributed by atoms with E-state index in [1.807, 2.05) is 0 Å². The molecule has 4 heteroatoms. The van der Waals surface area contributed by atoms with Crippen molar-refractivity contribution in [3.63, 3.8) is 0 Å². The number of methoxy groups -OCH3 is 1. The molecule has 21 heavy (non-hydrogen) atoms. The molecule has 1 saturated carbocycles. The number of benzene rings is 2.